The molecule has 0 radical (unpaired) electrons. The third kappa shape index (κ3) is 3.94. The van der Waals surface area contributed by atoms with Crippen LogP contribution in [-0.2, 0) is 0 Å². The highest BCUT2D eigenvalue weighted by atomic mass is 16.3. The number of nitrogens with zero attached hydrogens (tertiary/aromatic N) is 1. The van der Waals surface area contributed by atoms with Crippen molar-refractivity contribution in [2.24, 2.45) is 0 Å². The first-order chi connectivity index (χ1) is 8.58. The number of hydrogen-bond acceptors (Lipinski definition) is 3. The molecule has 0 spiro atoms. The van der Waals surface area contributed by atoms with Crippen LogP contribution in [0.25, 0.3) is 0 Å². The average Bonchev–Trinajstić information content (AvgIpc) is 2.78. The summed E-state index contributed by atoms with van der Waals surface area (Å²) in [6.07, 6.45) is 5.77. The molecule has 3 heteroatoms. The van der Waals surface area contributed by atoms with Crippen molar-refractivity contribution in [1.82, 2.24) is 10.2 Å². The van der Waals surface area contributed by atoms with Gasteiger partial charge in [-0.15, -0.1) is 0 Å². The van der Waals surface area contributed by atoms with Gasteiger partial charge < -0.3 is 10.4 Å². The zero-order valence-electron chi connectivity index (χ0n) is 12.7. The molecule has 2 unspecified atom stereocenters. The maximum Gasteiger partial charge on any atom is 0.0613 e. The zero-order chi connectivity index (χ0) is 13.6. The van der Waals surface area contributed by atoms with E-state index in [-0.39, 0.29) is 12.1 Å². The van der Waals surface area contributed by atoms with Crippen molar-refractivity contribution in [2.75, 3.05) is 19.7 Å². The molecule has 1 fully saturated rings. The lowest BCUT2D eigenvalue weighted by Crippen LogP contribution is -2.49. The Morgan fingerprint density at radius 1 is 1.33 bits per heavy atom. The Kier molecular flexibility index (Phi) is 6.61. The Morgan fingerprint density at radius 3 is 2.56 bits per heavy atom. The fraction of sp³-hybridized carbons (Fsp3) is 1.00. The van der Waals surface area contributed by atoms with Crippen molar-refractivity contribution in [3.8, 4) is 0 Å². The summed E-state index contributed by atoms with van der Waals surface area (Å²) < 4.78 is 0. The van der Waals surface area contributed by atoms with Gasteiger partial charge in [-0.25, -0.2) is 0 Å². The second kappa shape index (κ2) is 7.46. The minimum Gasteiger partial charge on any atom is -0.394 e. The number of nitrogens with one attached hydrogen (secondary N) is 1. The largest absolute Gasteiger partial charge is 0.394 e. The van der Waals surface area contributed by atoms with Crippen LogP contribution in [0.15, 0.2) is 0 Å². The van der Waals surface area contributed by atoms with Crippen LogP contribution in [0.3, 0.4) is 0 Å². The van der Waals surface area contributed by atoms with Crippen molar-refractivity contribution in [3.05, 3.63) is 0 Å². The maximum absolute atomic E-state index is 9.73. The Balaban J connectivity index is 2.60. The fourth-order valence-electron chi connectivity index (χ4n) is 3.25. The SMILES string of the molecule is CCCNC1(CO)CCC(N(CCC)C(C)C)C1. The lowest BCUT2D eigenvalue weighted by Gasteiger charge is -2.34. The van der Waals surface area contributed by atoms with Gasteiger partial charge in [0.2, 0.25) is 0 Å². The summed E-state index contributed by atoms with van der Waals surface area (Å²) in [5.41, 5.74) is -0.0123. The summed E-state index contributed by atoms with van der Waals surface area (Å²) >= 11 is 0. The minimum atomic E-state index is -0.0123. The standard InChI is InChI=1S/C15H32N2O/c1-5-9-16-15(12-18)8-7-14(11-15)17(10-6-2)13(3)4/h13-14,16,18H,5-12H2,1-4H3. The topological polar surface area (TPSA) is 35.5 Å². The average molecular weight is 256 g/mol. The molecule has 1 saturated carbocycles. The molecule has 2 atom stereocenters. The van der Waals surface area contributed by atoms with Crippen LogP contribution in [0.5, 0.6) is 0 Å². The van der Waals surface area contributed by atoms with Gasteiger partial charge in [0.05, 0.1) is 6.61 Å². The highest BCUT2D eigenvalue weighted by Gasteiger charge is 2.40. The van der Waals surface area contributed by atoms with Gasteiger partial charge in [-0.3, -0.25) is 4.90 Å². The number of hydrogen-bond donors (Lipinski definition) is 2. The second-order valence-electron chi connectivity index (χ2n) is 6.09. The summed E-state index contributed by atoms with van der Waals surface area (Å²) in [6, 6.07) is 1.25. The second-order valence-corrected chi connectivity index (χ2v) is 6.09. The Hall–Kier alpha value is -0.120. The molecule has 3 nitrogen and oxygen atoms in total. The molecule has 0 amide bonds. The van der Waals surface area contributed by atoms with Crippen molar-refractivity contribution < 1.29 is 5.11 Å². The molecule has 18 heavy (non-hydrogen) atoms. The third-order valence-electron chi connectivity index (χ3n) is 4.25. The fourth-order valence-corrected chi connectivity index (χ4v) is 3.25. The van der Waals surface area contributed by atoms with Crippen LogP contribution < -0.4 is 5.32 Å². The summed E-state index contributed by atoms with van der Waals surface area (Å²) in [7, 11) is 0. The molecule has 0 aromatic rings. The quantitative estimate of drug-likeness (QED) is 0.700. The van der Waals surface area contributed by atoms with Crippen LogP contribution in [0.1, 0.15) is 59.8 Å². The molecule has 0 heterocycles. The van der Waals surface area contributed by atoms with Crippen LogP contribution in [0.2, 0.25) is 0 Å². The van der Waals surface area contributed by atoms with Gasteiger partial charge in [0.15, 0.2) is 0 Å². The lowest BCUT2D eigenvalue weighted by atomic mass is 9.98. The van der Waals surface area contributed by atoms with E-state index in [0.717, 1.165) is 25.8 Å². The van der Waals surface area contributed by atoms with Gasteiger partial charge in [-0.2, -0.15) is 0 Å². The highest BCUT2D eigenvalue weighted by Crippen LogP contribution is 2.33. The summed E-state index contributed by atoms with van der Waals surface area (Å²) in [4.78, 5) is 2.62. The van der Waals surface area contributed by atoms with Crippen molar-refractivity contribution in [1.29, 1.82) is 0 Å². The monoisotopic (exact) mass is 256 g/mol. The van der Waals surface area contributed by atoms with Crippen LogP contribution >= 0.6 is 0 Å². The maximum atomic E-state index is 9.73. The molecule has 0 saturated heterocycles. The molecular weight excluding hydrogens is 224 g/mol. The predicted molar refractivity (Wildman–Crippen MR) is 77.9 cm³/mol. The highest BCUT2D eigenvalue weighted by molar-refractivity contribution is 4.99. The van der Waals surface area contributed by atoms with E-state index >= 15 is 0 Å². The predicted octanol–water partition coefficient (Wildman–Crippen LogP) is 2.39. The van der Waals surface area contributed by atoms with Gasteiger partial charge in [0, 0.05) is 17.6 Å². The van der Waals surface area contributed by atoms with Gasteiger partial charge in [-0.1, -0.05) is 13.8 Å². The molecule has 0 aliphatic heterocycles. The zero-order valence-corrected chi connectivity index (χ0v) is 12.7. The molecule has 0 bridgehead atoms. The normalized spacial score (nSPS) is 28.5. The molecule has 0 aromatic carbocycles. The smallest absolute Gasteiger partial charge is 0.0613 e. The van der Waals surface area contributed by atoms with Crippen molar-refractivity contribution in [2.45, 2.75) is 77.4 Å². The molecule has 1 aliphatic carbocycles. The van der Waals surface area contributed by atoms with Crippen LogP contribution in [0, 0.1) is 0 Å². The number of aliphatic hydroxyl groups is 1. The summed E-state index contributed by atoms with van der Waals surface area (Å²) in [6.45, 7) is 11.5. The number of aliphatic hydroxyl groups excluding tert-OH is 1. The van der Waals surface area contributed by atoms with Crippen molar-refractivity contribution in [3.63, 3.8) is 0 Å². The van der Waals surface area contributed by atoms with Crippen LogP contribution in [0.4, 0.5) is 0 Å². The van der Waals surface area contributed by atoms with E-state index in [0.29, 0.717) is 12.1 Å². The Bertz CT molecular complexity index is 233. The molecule has 0 aromatic heterocycles. The van der Waals surface area contributed by atoms with Crippen molar-refractivity contribution >= 4 is 0 Å². The molecule has 1 rings (SSSR count). The van der Waals surface area contributed by atoms with E-state index in [9.17, 15) is 5.11 Å². The summed E-state index contributed by atoms with van der Waals surface area (Å²) in [5, 5.41) is 13.3. The first kappa shape index (κ1) is 15.9. The first-order valence-corrected chi connectivity index (χ1v) is 7.70. The van der Waals surface area contributed by atoms with E-state index in [4.69, 9.17) is 0 Å². The van der Waals surface area contributed by atoms with Gasteiger partial charge in [0.1, 0.15) is 0 Å². The molecule has 2 N–H and O–H groups in total. The Labute approximate surface area is 113 Å². The number of rotatable bonds is 8. The van der Waals surface area contributed by atoms with E-state index in [1.807, 2.05) is 0 Å². The third-order valence-corrected chi connectivity index (χ3v) is 4.25. The van der Waals surface area contributed by atoms with E-state index in [2.05, 4.69) is 37.9 Å². The molecule has 108 valence electrons. The summed E-state index contributed by atoms with van der Waals surface area (Å²) in [5.74, 6) is 0. The van der Waals surface area contributed by atoms with Gasteiger partial charge in [0.25, 0.3) is 0 Å². The Morgan fingerprint density at radius 2 is 2.06 bits per heavy atom. The van der Waals surface area contributed by atoms with E-state index < -0.39 is 0 Å². The minimum absolute atomic E-state index is 0.0123. The molecule has 1 aliphatic rings. The van der Waals surface area contributed by atoms with E-state index in [1.165, 1.54) is 19.4 Å². The van der Waals surface area contributed by atoms with Gasteiger partial charge >= 0.3 is 0 Å². The van der Waals surface area contributed by atoms with Gasteiger partial charge in [-0.05, 0) is 59.0 Å². The lowest BCUT2D eigenvalue weighted by molar-refractivity contribution is 0.125. The van der Waals surface area contributed by atoms with Crippen LogP contribution in [-0.4, -0.2) is 47.3 Å². The first-order valence-electron chi connectivity index (χ1n) is 7.70. The molecular formula is C15H32N2O. The van der Waals surface area contributed by atoms with E-state index in [1.54, 1.807) is 0 Å².